The zero-order chi connectivity index (χ0) is 14.3. The summed E-state index contributed by atoms with van der Waals surface area (Å²) in [5.41, 5.74) is 0.0842. The van der Waals surface area contributed by atoms with Gasteiger partial charge in [0, 0.05) is 16.3 Å². The highest BCUT2D eigenvalue weighted by Gasteiger charge is 2.25. The summed E-state index contributed by atoms with van der Waals surface area (Å²) < 4.78 is 0. The van der Waals surface area contributed by atoms with Crippen molar-refractivity contribution in [2.75, 3.05) is 11.1 Å². The lowest BCUT2D eigenvalue weighted by Gasteiger charge is -2.31. The molecular formula is C15H22BrNOS. The SMILES string of the molecule is CC(C)(C)C(CCBr)NC(=O)CSc1ccccc1. The maximum absolute atomic E-state index is 12.0. The average molecular weight is 344 g/mol. The summed E-state index contributed by atoms with van der Waals surface area (Å²) in [5, 5.41) is 4.04. The van der Waals surface area contributed by atoms with Crippen LogP contribution in [-0.2, 0) is 4.79 Å². The molecule has 0 saturated heterocycles. The van der Waals surface area contributed by atoms with Gasteiger partial charge in [0.15, 0.2) is 0 Å². The Bertz CT molecular complexity index is 389. The fourth-order valence-electron chi connectivity index (χ4n) is 1.73. The highest BCUT2D eigenvalue weighted by Crippen LogP contribution is 2.23. The molecule has 0 spiro atoms. The number of alkyl halides is 1. The monoisotopic (exact) mass is 343 g/mol. The molecule has 0 aliphatic carbocycles. The van der Waals surface area contributed by atoms with Gasteiger partial charge >= 0.3 is 0 Å². The molecule has 0 aliphatic rings. The summed E-state index contributed by atoms with van der Waals surface area (Å²) >= 11 is 5.03. The minimum absolute atomic E-state index is 0.0842. The van der Waals surface area contributed by atoms with E-state index >= 15 is 0 Å². The fraction of sp³-hybridized carbons (Fsp3) is 0.533. The molecule has 1 amide bonds. The van der Waals surface area contributed by atoms with Crippen LogP contribution in [0.5, 0.6) is 0 Å². The normalized spacial score (nSPS) is 13.1. The van der Waals surface area contributed by atoms with Gasteiger partial charge in [-0.2, -0.15) is 0 Å². The van der Waals surface area contributed by atoms with E-state index in [1.54, 1.807) is 11.8 Å². The molecule has 0 heterocycles. The molecule has 0 bridgehead atoms. The van der Waals surface area contributed by atoms with Crippen LogP contribution in [0.25, 0.3) is 0 Å². The van der Waals surface area contributed by atoms with Crippen molar-refractivity contribution in [1.29, 1.82) is 0 Å². The van der Waals surface area contributed by atoms with Crippen molar-refractivity contribution in [2.24, 2.45) is 5.41 Å². The van der Waals surface area contributed by atoms with Crippen LogP contribution < -0.4 is 5.32 Å². The predicted molar refractivity (Wildman–Crippen MR) is 87.0 cm³/mol. The van der Waals surface area contributed by atoms with E-state index < -0.39 is 0 Å². The molecular weight excluding hydrogens is 322 g/mol. The number of thioether (sulfide) groups is 1. The Morgan fingerprint density at radius 3 is 2.47 bits per heavy atom. The van der Waals surface area contributed by atoms with Gasteiger partial charge in [0.2, 0.25) is 5.91 Å². The van der Waals surface area contributed by atoms with E-state index in [-0.39, 0.29) is 17.4 Å². The second-order valence-corrected chi connectivity index (χ2v) is 7.41. The van der Waals surface area contributed by atoms with Crippen molar-refractivity contribution >= 4 is 33.6 Å². The van der Waals surface area contributed by atoms with Crippen molar-refractivity contribution in [3.63, 3.8) is 0 Å². The number of rotatable bonds is 6. The van der Waals surface area contributed by atoms with Crippen molar-refractivity contribution in [2.45, 2.75) is 38.1 Å². The molecule has 1 unspecified atom stereocenters. The van der Waals surface area contributed by atoms with E-state index in [4.69, 9.17) is 0 Å². The van der Waals surface area contributed by atoms with Gasteiger partial charge in [0.25, 0.3) is 0 Å². The minimum Gasteiger partial charge on any atom is -0.352 e. The third-order valence-electron chi connectivity index (χ3n) is 2.89. The minimum atomic E-state index is 0.0842. The number of hydrogen-bond donors (Lipinski definition) is 1. The molecule has 1 N–H and O–H groups in total. The number of carbonyl (C=O) groups is 1. The first-order valence-corrected chi connectivity index (χ1v) is 8.57. The first-order chi connectivity index (χ1) is 8.93. The molecule has 106 valence electrons. The van der Waals surface area contributed by atoms with E-state index in [1.165, 1.54) is 0 Å². The smallest absolute Gasteiger partial charge is 0.230 e. The van der Waals surface area contributed by atoms with Gasteiger partial charge in [0.1, 0.15) is 0 Å². The Labute approximate surface area is 128 Å². The molecule has 19 heavy (non-hydrogen) atoms. The van der Waals surface area contributed by atoms with Crippen LogP contribution >= 0.6 is 27.7 Å². The van der Waals surface area contributed by atoms with Gasteiger partial charge in [-0.3, -0.25) is 4.79 Å². The van der Waals surface area contributed by atoms with E-state index in [2.05, 4.69) is 42.0 Å². The topological polar surface area (TPSA) is 29.1 Å². The molecule has 1 atom stereocenters. The number of hydrogen-bond acceptors (Lipinski definition) is 2. The third kappa shape index (κ3) is 6.48. The second kappa shape index (κ2) is 7.95. The zero-order valence-electron chi connectivity index (χ0n) is 11.8. The summed E-state index contributed by atoms with van der Waals surface area (Å²) in [7, 11) is 0. The lowest BCUT2D eigenvalue weighted by molar-refractivity contribution is -0.120. The molecule has 1 rings (SSSR count). The zero-order valence-corrected chi connectivity index (χ0v) is 14.2. The van der Waals surface area contributed by atoms with Crippen molar-refractivity contribution in [3.05, 3.63) is 30.3 Å². The van der Waals surface area contributed by atoms with Gasteiger partial charge in [-0.25, -0.2) is 0 Å². The van der Waals surface area contributed by atoms with E-state index in [0.29, 0.717) is 5.75 Å². The Morgan fingerprint density at radius 1 is 1.32 bits per heavy atom. The molecule has 2 nitrogen and oxygen atoms in total. The van der Waals surface area contributed by atoms with Gasteiger partial charge in [0.05, 0.1) is 5.75 Å². The Morgan fingerprint density at radius 2 is 1.95 bits per heavy atom. The Hall–Kier alpha value is -0.480. The molecule has 4 heteroatoms. The van der Waals surface area contributed by atoms with E-state index in [0.717, 1.165) is 16.6 Å². The van der Waals surface area contributed by atoms with E-state index in [9.17, 15) is 4.79 Å². The molecule has 1 aromatic carbocycles. The maximum Gasteiger partial charge on any atom is 0.230 e. The number of halogens is 1. The van der Waals surface area contributed by atoms with Crippen molar-refractivity contribution in [3.8, 4) is 0 Å². The highest BCUT2D eigenvalue weighted by atomic mass is 79.9. The second-order valence-electron chi connectivity index (χ2n) is 5.57. The average Bonchev–Trinajstić information content (AvgIpc) is 2.36. The number of nitrogens with one attached hydrogen (secondary N) is 1. The standard InChI is InChI=1S/C15H22BrNOS/c1-15(2,3)13(9-10-16)17-14(18)11-19-12-7-5-4-6-8-12/h4-8,13H,9-11H2,1-3H3,(H,17,18). The molecule has 0 saturated carbocycles. The van der Waals surface area contributed by atoms with Crippen LogP contribution in [0.15, 0.2) is 35.2 Å². The molecule has 1 aromatic rings. The molecule has 0 fully saturated rings. The van der Waals surface area contributed by atoms with Crippen LogP contribution in [0.4, 0.5) is 0 Å². The van der Waals surface area contributed by atoms with Crippen LogP contribution in [0.1, 0.15) is 27.2 Å². The van der Waals surface area contributed by atoms with Gasteiger partial charge in [-0.1, -0.05) is 54.9 Å². The predicted octanol–water partition coefficient (Wildman–Crippen LogP) is 4.09. The van der Waals surface area contributed by atoms with Crippen LogP contribution in [0.3, 0.4) is 0 Å². The Kier molecular flexibility index (Phi) is 6.94. The summed E-state index contributed by atoms with van der Waals surface area (Å²) in [5.74, 6) is 0.577. The highest BCUT2D eigenvalue weighted by molar-refractivity contribution is 9.09. The lowest BCUT2D eigenvalue weighted by Crippen LogP contribution is -2.44. The first-order valence-electron chi connectivity index (χ1n) is 6.46. The summed E-state index contributed by atoms with van der Waals surface area (Å²) in [6.07, 6.45) is 0.950. The summed E-state index contributed by atoms with van der Waals surface area (Å²) in [6.45, 7) is 6.47. The molecule has 0 aromatic heterocycles. The quantitative estimate of drug-likeness (QED) is 0.622. The van der Waals surface area contributed by atoms with Crippen molar-refractivity contribution in [1.82, 2.24) is 5.32 Å². The molecule has 0 radical (unpaired) electrons. The third-order valence-corrected chi connectivity index (χ3v) is 4.36. The maximum atomic E-state index is 12.0. The molecule has 0 aliphatic heterocycles. The number of carbonyl (C=O) groups excluding carboxylic acids is 1. The summed E-state index contributed by atoms with van der Waals surface area (Å²) in [4.78, 5) is 13.1. The van der Waals surface area contributed by atoms with Crippen molar-refractivity contribution < 1.29 is 4.79 Å². The van der Waals surface area contributed by atoms with Gasteiger partial charge in [-0.05, 0) is 24.0 Å². The van der Waals surface area contributed by atoms with Crippen LogP contribution in [0, 0.1) is 5.41 Å². The lowest BCUT2D eigenvalue weighted by atomic mass is 9.85. The van der Waals surface area contributed by atoms with Crippen LogP contribution in [0.2, 0.25) is 0 Å². The number of amides is 1. The van der Waals surface area contributed by atoms with Crippen LogP contribution in [-0.4, -0.2) is 23.0 Å². The Balaban J connectivity index is 2.45. The largest absolute Gasteiger partial charge is 0.352 e. The van der Waals surface area contributed by atoms with E-state index in [1.807, 2.05) is 30.3 Å². The van der Waals surface area contributed by atoms with Gasteiger partial charge in [-0.15, -0.1) is 11.8 Å². The summed E-state index contributed by atoms with van der Waals surface area (Å²) in [6, 6.07) is 10.2. The van der Waals surface area contributed by atoms with Gasteiger partial charge < -0.3 is 5.32 Å². The number of benzene rings is 1. The fourth-order valence-corrected chi connectivity index (χ4v) is 2.92. The first kappa shape index (κ1) is 16.6.